The van der Waals surface area contributed by atoms with Crippen molar-refractivity contribution in [1.82, 2.24) is 4.98 Å². The molecule has 0 saturated heterocycles. The molecule has 0 spiro atoms. The molecule has 0 aliphatic heterocycles. The molecular weight excluding hydrogens is 232 g/mol. The summed E-state index contributed by atoms with van der Waals surface area (Å²) in [7, 11) is 0. The first-order chi connectivity index (χ1) is 6.18. The zero-order chi connectivity index (χ0) is 9.42. The molecule has 0 fully saturated rings. The molecule has 68 valence electrons. The molecule has 0 radical (unpaired) electrons. The smallest absolute Gasteiger partial charge is 0.181 e. The summed E-state index contributed by atoms with van der Waals surface area (Å²) in [6.07, 6.45) is 3.22. The highest BCUT2D eigenvalue weighted by atomic mass is 79.9. The predicted octanol–water partition coefficient (Wildman–Crippen LogP) is 1.30. The molecule has 13 heavy (non-hydrogen) atoms. The van der Waals surface area contributed by atoms with Gasteiger partial charge in [0.15, 0.2) is 5.78 Å². The predicted molar refractivity (Wildman–Crippen MR) is 52.6 cm³/mol. The first-order valence-corrected chi connectivity index (χ1v) is 4.92. The number of aryl methyl sites for hydroxylation is 1. The zero-order valence-electron chi connectivity index (χ0n) is 6.96. The number of nitrogens with zero attached hydrogens (tertiary/aromatic N) is 1. The number of ketones is 1. The summed E-state index contributed by atoms with van der Waals surface area (Å²) in [6, 6.07) is 1.45. The van der Waals surface area contributed by atoms with Gasteiger partial charge in [-0.2, -0.15) is 0 Å². The van der Waals surface area contributed by atoms with Crippen molar-refractivity contribution in [2.75, 3.05) is 0 Å². The maximum atomic E-state index is 11.6. The molecule has 1 aliphatic rings. The minimum Gasteiger partial charge on any atom is -0.321 e. The average molecular weight is 241 g/mol. The van der Waals surface area contributed by atoms with E-state index in [4.69, 9.17) is 5.73 Å². The molecule has 0 saturated carbocycles. The van der Waals surface area contributed by atoms with Gasteiger partial charge in [-0.05, 0) is 34.8 Å². The lowest BCUT2D eigenvalue weighted by molar-refractivity contribution is 0.0947. The van der Waals surface area contributed by atoms with Gasteiger partial charge in [-0.25, -0.2) is 0 Å². The fourth-order valence-electron chi connectivity index (χ4n) is 1.50. The lowest BCUT2D eigenvalue weighted by Crippen LogP contribution is -2.35. The Labute approximate surface area is 84.5 Å². The van der Waals surface area contributed by atoms with Crippen LogP contribution in [0, 0.1) is 0 Å². The topological polar surface area (TPSA) is 56.0 Å². The highest BCUT2D eigenvalue weighted by Gasteiger charge is 2.25. The second-order valence-corrected chi connectivity index (χ2v) is 4.07. The molecule has 1 atom stereocenters. The molecule has 1 aliphatic carbocycles. The van der Waals surface area contributed by atoms with E-state index in [-0.39, 0.29) is 11.8 Å². The Hall–Kier alpha value is -0.740. The fraction of sp³-hybridized carbons (Fsp3) is 0.333. The Morgan fingerprint density at radius 1 is 1.62 bits per heavy atom. The standard InChI is InChI=1S/C9H9BrN2O/c10-5-3-6-8(12-4-5)2-1-7(11)9(6)13/h3-4,7H,1-2,11H2/t7-/m0/s1. The van der Waals surface area contributed by atoms with Crippen LogP contribution in [-0.2, 0) is 6.42 Å². The number of rotatable bonds is 0. The summed E-state index contributed by atoms with van der Waals surface area (Å²) in [5.74, 6) is 0.00931. The SMILES string of the molecule is N[C@H]1CCc2ncc(Br)cc2C1=O. The lowest BCUT2D eigenvalue weighted by atomic mass is 9.91. The van der Waals surface area contributed by atoms with E-state index in [1.165, 1.54) is 0 Å². The van der Waals surface area contributed by atoms with Crippen molar-refractivity contribution in [1.29, 1.82) is 0 Å². The van der Waals surface area contributed by atoms with Crippen LogP contribution in [0.1, 0.15) is 22.5 Å². The summed E-state index contributed by atoms with van der Waals surface area (Å²) < 4.78 is 0.828. The second-order valence-electron chi connectivity index (χ2n) is 3.16. The summed E-state index contributed by atoms with van der Waals surface area (Å²) in [5, 5.41) is 0. The van der Waals surface area contributed by atoms with Crippen LogP contribution in [0.25, 0.3) is 0 Å². The number of halogens is 1. The van der Waals surface area contributed by atoms with E-state index in [1.54, 1.807) is 12.3 Å². The van der Waals surface area contributed by atoms with Crippen LogP contribution >= 0.6 is 15.9 Å². The number of carbonyl (C=O) groups excluding carboxylic acids is 1. The molecule has 2 N–H and O–H groups in total. The van der Waals surface area contributed by atoms with E-state index >= 15 is 0 Å². The number of aromatic nitrogens is 1. The van der Waals surface area contributed by atoms with Crippen molar-refractivity contribution in [2.45, 2.75) is 18.9 Å². The Morgan fingerprint density at radius 3 is 3.15 bits per heavy atom. The van der Waals surface area contributed by atoms with Crippen molar-refractivity contribution in [3.63, 3.8) is 0 Å². The number of nitrogens with two attached hydrogens (primary N) is 1. The van der Waals surface area contributed by atoms with Crippen LogP contribution < -0.4 is 5.73 Å². The molecule has 4 heteroatoms. The van der Waals surface area contributed by atoms with Gasteiger partial charge in [0.25, 0.3) is 0 Å². The normalized spacial score (nSPS) is 21.4. The van der Waals surface area contributed by atoms with E-state index < -0.39 is 0 Å². The molecule has 1 aromatic heterocycles. The quantitative estimate of drug-likeness (QED) is 0.744. The van der Waals surface area contributed by atoms with Crippen molar-refractivity contribution in [3.05, 3.63) is 28.0 Å². The molecule has 0 bridgehead atoms. The lowest BCUT2D eigenvalue weighted by Gasteiger charge is -2.18. The van der Waals surface area contributed by atoms with Gasteiger partial charge in [-0.3, -0.25) is 9.78 Å². The average Bonchev–Trinajstić information content (AvgIpc) is 2.12. The third kappa shape index (κ3) is 1.51. The van der Waals surface area contributed by atoms with Crippen LogP contribution in [0.15, 0.2) is 16.7 Å². The van der Waals surface area contributed by atoms with Crippen molar-refractivity contribution >= 4 is 21.7 Å². The first-order valence-electron chi connectivity index (χ1n) is 4.12. The highest BCUT2D eigenvalue weighted by Crippen LogP contribution is 2.21. The maximum Gasteiger partial charge on any atom is 0.181 e. The van der Waals surface area contributed by atoms with Gasteiger partial charge in [0.2, 0.25) is 0 Å². The number of Topliss-reactive ketones (excluding diaryl/α,β-unsaturated/α-hetero) is 1. The summed E-state index contributed by atoms with van der Waals surface area (Å²) >= 11 is 3.28. The molecule has 0 aromatic carbocycles. The van der Waals surface area contributed by atoms with E-state index in [1.807, 2.05) is 0 Å². The Morgan fingerprint density at radius 2 is 2.38 bits per heavy atom. The van der Waals surface area contributed by atoms with Gasteiger partial charge in [-0.1, -0.05) is 0 Å². The van der Waals surface area contributed by atoms with Crippen LogP contribution in [0.5, 0.6) is 0 Å². The molecular formula is C9H9BrN2O. The van der Waals surface area contributed by atoms with Gasteiger partial charge in [0, 0.05) is 16.2 Å². The van der Waals surface area contributed by atoms with Crippen molar-refractivity contribution in [3.8, 4) is 0 Å². The van der Waals surface area contributed by atoms with E-state index in [2.05, 4.69) is 20.9 Å². The second kappa shape index (κ2) is 3.20. The van der Waals surface area contributed by atoms with Crippen molar-refractivity contribution in [2.24, 2.45) is 5.73 Å². The molecule has 1 aromatic rings. The maximum absolute atomic E-state index is 11.6. The number of hydrogen-bond acceptors (Lipinski definition) is 3. The number of carbonyl (C=O) groups is 1. The van der Waals surface area contributed by atoms with E-state index in [9.17, 15) is 4.79 Å². The Bertz CT molecular complexity index is 365. The van der Waals surface area contributed by atoms with Gasteiger partial charge in [0.05, 0.1) is 11.7 Å². The van der Waals surface area contributed by atoms with Gasteiger partial charge in [0.1, 0.15) is 0 Å². The minimum absolute atomic E-state index is 0.00931. The number of hydrogen-bond donors (Lipinski definition) is 1. The van der Waals surface area contributed by atoms with Crippen LogP contribution in [0.3, 0.4) is 0 Å². The van der Waals surface area contributed by atoms with E-state index in [0.29, 0.717) is 12.0 Å². The number of pyridine rings is 1. The molecule has 0 amide bonds. The minimum atomic E-state index is -0.344. The molecule has 3 nitrogen and oxygen atoms in total. The zero-order valence-corrected chi connectivity index (χ0v) is 8.54. The Kier molecular flexibility index (Phi) is 2.17. The third-order valence-electron chi connectivity index (χ3n) is 2.23. The molecule has 2 rings (SSSR count). The summed E-state index contributed by atoms with van der Waals surface area (Å²) in [6.45, 7) is 0. The fourth-order valence-corrected chi connectivity index (χ4v) is 1.83. The van der Waals surface area contributed by atoms with Gasteiger partial charge >= 0.3 is 0 Å². The van der Waals surface area contributed by atoms with Crippen LogP contribution in [0.4, 0.5) is 0 Å². The molecule has 1 heterocycles. The summed E-state index contributed by atoms with van der Waals surface area (Å²) in [4.78, 5) is 15.8. The first kappa shape index (κ1) is 8.84. The van der Waals surface area contributed by atoms with Crippen molar-refractivity contribution < 1.29 is 4.79 Å². The van der Waals surface area contributed by atoms with Gasteiger partial charge in [-0.15, -0.1) is 0 Å². The van der Waals surface area contributed by atoms with Crippen LogP contribution in [0.2, 0.25) is 0 Å². The largest absolute Gasteiger partial charge is 0.321 e. The number of fused-ring (bicyclic) bond motifs is 1. The highest BCUT2D eigenvalue weighted by molar-refractivity contribution is 9.10. The third-order valence-corrected chi connectivity index (χ3v) is 2.66. The van der Waals surface area contributed by atoms with E-state index in [0.717, 1.165) is 16.6 Å². The van der Waals surface area contributed by atoms with Gasteiger partial charge < -0.3 is 5.73 Å². The van der Waals surface area contributed by atoms with Crippen LogP contribution in [-0.4, -0.2) is 16.8 Å². The monoisotopic (exact) mass is 240 g/mol. The molecule has 0 unspecified atom stereocenters. The summed E-state index contributed by atoms with van der Waals surface area (Å²) in [5.41, 5.74) is 7.20. The Balaban J connectivity index is 2.51.